The summed E-state index contributed by atoms with van der Waals surface area (Å²) in [7, 11) is 0. The molecule has 0 bridgehead atoms. The number of carbonyl (C=O) groups excluding carboxylic acids is 2. The smallest absolute Gasteiger partial charge is 0.347 e. The molecule has 25 heavy (non-hydrogen) atoms. The number of likely N-dealkylation sites (tertiary alicyclic amines) is 1. The first-order valence-corrected chi connectivity index (χ1v) is 8.71. The molecule has 0 N–H and O–H groups in total. The number of nitrogens with zero attached hydrogens (tertiary/aromatic N) is 2. The first-order valence-electron chi connectivity index (χ1n) is 8.71. The molecule has 1 fully saturated rings. The lowest BCUT2D eigenvalue weighted by Gasteiger charge is -2.24. The molecule has 1 heterocycles. The van der Waals surface area contributed by atoms with E-state index in [2.05, 4.69) is 0 Å². The summed E-state index contributed by atoms with van der Waals surface area (Å²) in [6, 6.07) is 8.47. The highest BCUT2D eigenvalue weighted by atomic mass is 16.6. The van der Waals surface area contributed by atoms with Gasteiger partial charge in [0.2, 0.25) is 0 Å². The molecule has 0 radical (unpaired) electrons. The number of carbonyl (C=O) groups is 2. The van der Waals surface area contributed by atoms with E-state index >= 15 is 0 Å². The van der Waals surface area contributed by atoms with Gasteiger partial charge in [0.25, 0.3) is 5.91 Å². The average molecular weight is 344 g/mol. The maximum atomic E-state index is 12.2. The Bertz CT molecular complexity index is 613. The Morgan fingerprint density at radius 1 is 1.12 bits per heavy atom. The van der Waals surface area contributed by atoms with Gasteiger partial charge in [-0.25, -0.2) is 4.79 Å². The van der Waals surface area contributed by atoms with Gasteiger partial charge in [-0.1, -0.05) is 19.3 Å². The highest BCUT2D eigenvalue weighted by Crippen LogP contribution is 2.14. The number of hydrogen-bond donors (Lipinski definition) is 0. The van der Waals surface area contributed by atoms with Gasteiger partial charge in [0.15, 0.2) is 12.7 Å². The summed E-state index contributed by atoms with van der Waals surface area (Å²) in [5.74, 6) is -0.260. The molecule has 0 aromatic heterocycles. The molecule has 1 saturated heterocycles. The van der Waals surface area contributed by atoms with E-state index in [1.807, 2.05) is 6.07 Å². The number of benzene rings is 1. The van der Waals surface area contributed by atoms with Crippen LogP contribution in [0.5, 0.6) is 5.75 Å². The Balaban J connectivity index is 1.77. The number of nitriles is 1. The first kappa shape index (κ1) is 18.8. The standard InChI is InChI=1S/C19H24N2O4/c1-15(25-17-9-7-16(13-20)8-10-17)19(23)24-14-18(22)21-11-5-3-2-4-6-12-21/h7-10,15H,2-6,11-12,14H2,1H3/t15-/m1/s1. The van der Waals surface area contributed by atoms with Crippen molar-refractivity contribution < 1.29 is 19.1 Å². The van der Waals surface area contributed by atoms with Gasteiger partial charge in [0, 0.05) is 13.1 Å². The molecule has 2 rings (SSSR count). The predicted octanol–water partition coefficient (Wildman–Crippen LogP) is 2.66. The molecule has 1 atom stereocenters. The van der Waals surface area contributed by atoms with Gasteiger partial charge in [-0.05, 0) is 44.0 Å². The van der Waals surface area contributed by atoms with Crippen molar-refractivity contribution in [3.63, 3.8) is 0 Å². The monoisotopic (exact) mass is 344 g/mol. The van der Waals surface area contributed by atoms with E-state index in [0.29, 0.717) is 11.3 Å². The van der Waals surface area contributed by atoms with E-state index in [9.17, 15) is 9.59 Å². The van der Waals surface area contributed by atoms with E-state index in [1.54, 1.807) is 36.1 Å². The van der Waals surface area contributed by atoms with Crippen molar-refractivity contribution in [1.82, 2.24) is 4.90 Å². The minimum absolute atomic E-state index is 0.152. The normalized spacial score (nSPS) is 16.1. The van der Waals surface area contributed by atoms with Crippen LogP contribution in [0.15, 0.2) is 24.3 Å². The Labute approximate surface area is 148 Å². The van der Waals surface area contributed by atoms with Crippen molar-refractivity contribution in [2.45, 2.75) is 45.1 Å². The number of amides is 1. The maximum Gasteiger partial charge on any atom is 0.347 e. The number of ether oxygens (including phenoxy) is 2. The topological polar surface area (TPSA) is 79.6 Å². The summed E-state index contributed by atoms with van der Waals surface area (Å²) in [5.41, 5.74) is 0.515. The van der Waals surface area contributed by atoms with Crippen LogP contribution >= 0.6 is 0 Å². The molecule has 0 saturated carbocycles. The van der Waals surface area contributed by atoms with Crippen molar-refractivity contribution in [3.8, 4) is 11.8 Å². The third-order valence-electron chi connectivity index (χ3n) is 4.17. The summed E-state index contributed by atoms with van der Waals surface area (Å²) in [5, 5.41) is 8.76. The minimum atomic E-state index is -0.826. The van der Waals surface area contributed by atoms with Crippen molar-refractivity contribution >= 4 is 11.9 Å². The molecule has 6 nitrogen and oxygen atoms in total. The highest BCUT2D eigenvalue weighted by Gasteiger charge is 2.20. The molecule has 1 aliphatic heterocycles. The Morgan fingerprint density at radius 3 is 2.32 bits per heavy atom. The van der Waals surface area contributed by atoms with Crippen LogP contribution in [-0.2, 0) is 14.3 Å². The van der Waals surface area contributed by atoms with E-state index < -0.39 is 12.1 Å². The number of hydrogen-bond acceptors (Lipinski definition) is 5. The van der Waals surface area contributed by atoms with Gasteiger partial charge in [-0.3, -0.25) is 4.79 Å². The second-order valence-electron chi connectivity index (χ2n) is 6.15. The second kappa shape index (κ2) is 9.67. The van der Waals surface area contributed by atoms with Gasteiger partial charge in [0.05, 0.1) is 11.6 Å². The van der Waals surface area contributed by atoms with Crippen LogP contribution in [0.3, 0.4) is 0 Å². The molecule has 6 heteroatoms. The number of esters is 1. The molecule has 1 aliphatic rings. The molecular weight excluding hydrogens is 320 g/mol. The SMILES string of the molecule is C[C@@H](Oc1ccc(C#N)cc1)C(=O)OCC(=O)N1CCCCCCC1. The van der Waals surface area contributed by atoms with Crippen molar-refractivity contribution in [2.24, 2.45) is 0 Å². The molecular formula is C19H24N2O4. The van der Waals surface area contributed by atoms with Crippen molar-refractivity contribution in [2.75, 3.05) is 19.7 Å². The zero-order valence-corrected chi connectivity index (χ0v) is 14.6. The van der Waals surface area contributed by atoms with Gasteiger partial charge < -0.3 is 14.4 Å². The number of rotatable bonds is 5. The fraction of sp³-hybridized carbons (Fsp3) is 0.526. The minimum Gasteiger partial charge on any atom is -0.479 e. The van der Waals surface area contributed by atoms with Crippen LogP contribution < -0.4 is 4.74 Å². The second-order valence-corrected chi connectivity index (χ2v) is 6.15. The van der Waals surface area contributed by atoms with E-state index in [4.69, 9.17) is 14.7 Å². The van der Waals surface area contributed by atoms with Crippen LogP contribution in [0.4, 0.5) is 0 Å². The molecule has 0 unspecified atom stereocenters. The lowest BCUT2D eigenvalue weighted by Crippen LogP contribution is -2.38. The fourth-order valence-electron chi connectivity index (χ4n) is 2.70. The first-order chi connectivity index (χ1) is 12.1. The average Bonchev–Trinajstić information content (AvgIpc) is 2.59. The summed E-state index contributed by atoms with van der Waals surface area (Å²) in [4.78, 5) is 26.0. The van der Waals surface area contributed by atoms with Crippen LogP contribution in [0.25, 0.3) is 0 Å². The third-order valence-corrected chi connectivity index (χ3v) is 4.17. The van der Waals surface area contributed by atoms with Crippen LogP contribution in [0.2, 0.25) is 0 Å². The van der Waals surface area contributed by atoms with E-state index in [-0.39, 0.29) is 12.5 Å². The summed E-state index contributed by atoms with van der Waals surface area (Å²) < 4.78 is 10.6. The van der Waals surface area contributed by atoms with E-state index in [1.165, 1.54) is 6.42 Å². The highest BCUT2D eigenvalue weighted by molar-refractivity contribution is 5.82. The van der Waals surface area contributed by atoms with Crippen molar-refractivity contribution in [3.05, 3.63) is 29.8 Å². The van der Waals surface area contributed by atoms with Crippen molar-refractivity contribution in [1.29, 1.82) is 5.26 Å². The lowest BCUT2D eigenvalue weighted by atomic mass is 10.1. The molecule has 0 spiro atoms. The lowest BCUT2D eigenvalue weighted by molar-refractivity contribution is -0.157. The molecule has 134 valence electrons. The fourth-order valence-corrected chi connectivity index (χ4v) is 2.70. The zero-order valence-electron chi connectivity index (χ0n) is 14.6. The molecule has 0 aliphatic carbocycles. The summed E-state index contributed by atoms with van der Waals surface area (Å²) in [6.45, 7) is 2.78. The summed E-state index contributed by atoms with van der Waals surface area (Å²) >= 11 is 0. The zero-order chi connectivity index (χ0) is 18.1. The molecule has 1 aromatic rings. The largest absolute Gasteiger partial charge is 0.479 e. The van der Waals surface area contributed by atoms with Gasteiger partial charge in [0.1, 0.15) is 5.75 Å². The van der Waals surface area contributed by atoms with Crippen LogP contribution in [0, 0.1) is 11.3 Å². The Hall–Kier alpha value is -2.55. The molecule has 1 aromatic carbocycles. The van der Waals surface area contributed by atoms with Gasteiger partial charge >= 0.3 is 5.97 Å². The van der Waals surface area contributed by atoms with E-state index in [0.717, 1.165) is 38.8 Å². The van der Waals surface area contributed by atoms with Crippen LogP contribution in [0.1, 0.15) is 44.6 Å². The predicted molar refractivity (Wildman–Crippen MR) is 91.9 cm³/mol. The molecule has 1 amide bonds. The third kappa shape index (κ3) is 6.11. The Morgan fingerprint density at radius 2 is 1.72 bits per heavy atom. The summed E-state index contributed by atoms with van der Waals surface area (Å²) in [6.07, 6.45) is 4.67. The van der Waals surface area contributed by atoms with Gasteiger partial charge in [-0.2, -0.15) is 5.26 Å². The van der Waals surface area contributed by atoms with Gasteiger partial charge in [-0.15, -0.1) is 0 Å². The van der Waals surface area contributed by atoms with Crippen LogP contribution in [-0.4, -0.2) is 42.6 Å². The maximum absolute atomic E-state index is 12.2. The Kier molecular flexibility index (Phi) is 7.27. The quantitative estimate of drug-likeness (QED) is 0.767.